The Hall–Kier alpha value is -3.98. The molecule has 0 saturated carbocycles. The highest BCUT2D eigenvalue weighted by atomic mass is 15.3. The van der Waals surface area contributed by atoms with Crippen molar-refractivity contribution in [3.63, 3.8) is 0 Å². The maximum atomic E-state index is 4.83. The summed E-state index contributed by atoms with van der Waals surface area (Å²) in [6.45, 7) is 9.11. The number of benzene rings is 4. The molecule has 0 saturated heterocycles. The molecule has 5 rings (SSSR count). The topological polar surface area (TPSA) is 30.7 Å². The van der Waals surface area contributed by atoms with Gasteiger partial charge in [-0.25, -0.2) is 0 Å². The van der Waals surface area contributed by atoms with Crippen molar-refractivity contribution < 1.29 is 0 Å². The molecule has 37 heavy (non-hydrogen) atoms. The largest absolute Gasteiger partial charge is 0.274 e. The molecule has 186 valence electrons. The summed E-state index contributed by atoms with van der Waals surface area (Å²) in [5.41, 5.74) is 8.28. The Morgan fingerprint density at radius 2 is 1.03 bits per heavy atom. The summed E-state index contributed by atoms with van der Waals surface area (Å²) in [4.78, 5) is 0. The summed E-state index contributed by atoms with van der Waals surface area (Å²) in [6, 6.07) is 36.5. The number of rotatable bonds is 8. The van der Waals surface area contributed by atoms with Crippen molar-refractivity contribution in [2.75, 3.05) is 0 Å². The Bertz CT molecular complexity index is 1440. The van der Waals surface area contributed by atoms with Crippen LogP contribution < -0.4 is 0 Å². The van der Waals surface area contributed by atoms with Crippen LogP contribution >= 0.6 is 0 Å². The Labute approximate surface area is 220 Å². The Morgan fingerprint density at radius 1 is 0.541 bits per heavy atom. The fourth-order valence-electron chi connectivity index (χ4n) is 5.07. The van der Waals surface area contributed by atoms with Crippen LogP contribution in [0.15, 0.2) is 103 Å². The number of hydrogen-bond acceptors (Lipinski definition) is 2. The maximum Gasteiger partial charge on any atom is 0.168 e. The highest BCUT2D eigenvalue weighted by molar-refractivity contribution is 5.77. The first kappa shape index (κ1) is 24.7. The molecule has 0 aliphatic rings. The van der Waals surface area contributed by atoms with Gasteiger partial charge in [0.15, 0.2) is 11.6 Å². The van der Waals surface area contributed by atoms with Crippen molar-refractivity contribution in [2.24, 2.45) is 11.8 Å². The second kappa shape index (κ2) is 11.0. The molecule has 0 radical (unpaired) electrons. The summed E-state index contributed by atoms with van der Waals surface area (Å²) < 4.78 is 2.24. The van der Waals surface area contributed by atoms with Crippen molar-refractivity contribution in [2.45, 2.75) is 40.5 Å². The predicted molar refractivity (Wildman–Crippen MR) is 155 cm³/mol. The predicted octanol–water partition coefficient (Wildman–Crippen LogP) is 8.67. The highest BCUT2D eigenvalue weighted by Crippen LogP contribution is 2.35. The van der Waals surface area contributed by atoms with Gasteiger partial charge in [0.25, 0.3) is 0 Å². The molecule has 0 spiro atoms. The second-order valence-electron chi connectivity index (χ2n) is 10.7. The van der Waals surface area contributed by atoms with Crippen LogP contribution in [-0.2, 0) is 12.8 Å². The zero-order valence-electron chi connectivity index (χ0n) is 22.2. The molecule has 0 unspecified atom stereocenters. The van der Waals surface area contributed by atoms with Crippen molar-refractivity contribution in [1.29, 1.82) is 0 Å². The molecular formula is C34H35N3. The van der Waals surface area contributed by atoms with Gasteiger partial charge in [0.05, 0.1) is 5.69 Å². The minimum atomic E-state index is 0.582. The number of hydrogen-bond donors (Lipinski definition) is 0. The molecule has 0 aliphatic carbocycles. The summed E-state index contributed by atoms with van der Waals surface area (Å²) in [7, 11) is 0. The van der Waals surface area contributed by atoms with Gasteiger partial charge >= 0.3 is 0 Å². The molecule has 3 nitrogen and oxygen atoms in total. The third-order valence-electron chi connectivity index (χ3n) is 6.52. The third-order valence-corrected chi connectivity index (χ3v) is 6.52. The first-order valence-corrected chi connectivity index (χ1v) is 13.3. The lowest BCUT2D eigenvalue weighted by Gasteiger charge is -2.17. The van der Waals surface area contributed by atoms with Gasteiger partial charge in [-0.1, -0.05) is 113 Å². The summed E-state index contributed by atoms with van der Waals surface area (Å²) in [6.07, 6.45) is 2.08. The van der Waals surface area contributed by atoms with Crippen molar-refractivity contribution in [3.05, 3.63) is 114 Å². The number of aromatic nitrogens is 3. The molecule has 0 bridgehead atoms. The van der Waals surface area contributed by atoms with Gasteiger partial charge in [0.1, 0.15) is 0 Å². The Morgan fingerprint density at radius 3 is 1.59 bits per heavy atom. The van der Waals surface area contributed by atoms with E-state index in [0.717, 1.165) is 46.9 Å². The lowest BCUT2D eigenvalue weighted by atomic mass is 9.94. The van der Waals surface area contributed by atoms with Gasteiger partial charge in [0.2, 0.25) is 0 Å². The van der Waals surface area contributed by atoms with E-state index in [1.807, 2.05) is 6.07 Å². The average Bonchev–Trinajstić information content (AvgIpc) is 3.34. The molecule has 5 aromatic rings. The molecule has 1 aromatic heterocycles. The minimum Gasteiger partial charge on any atom is -0.274 e. The SMILES string of the molecule is CC(C)Cc1cc(CC(C)C)cc(-c2nnc(-c3ccccc3)n2-c2ccccc2-c2ccccc2)c1. The smallest absolute Gasteiger partial charge is 0.168 e. The average molecular weight is 486 g/mol. The summed E-state index contributed by atoms with van der Waals surface area (Å²) in [5, 5.41) is 9.60. The van der Waals surface area contributed by atoms with Gasteiger partial charge in [-0.2, -0.15) is 0 Å². The van der Waals surface area contributed by atoms with E-state index in [4.69, 9.17) is 10.2 Å². The summed E-state index contributed by atoms with van der Waals surface area (Å²) >= 11 is 0. The monoisotopic (exact) mass is 485 g/mol. The van der Waals surface area contributed by atoms with Crippen molar-refractivity contribution >= 4 is 0 Å². The third kappa shape index (κ3) is 5.56. The van der Waals surface area contributed by atoms with E-state index in [1.165, 1.54) is 16.7 Å². The molecule has 4 aromatic carbocycles. The van der Waals surface area contributed by atoms with Gasteiger partial charge < -0.3 is 0 Å². The molecular weight excluding hydrogens is 450 g/mol. The fourth-order valence-corrected chi connectivity index (χ4v) is 5.07. The van der Waals surface area contributed by atoms with Crippen LogP contribution in [0.25, 0.3) is 39.6 Å². The molecule has 0 atom stereocenters. The van der Waals surface area contributed by atoms with Crippen LogP contribution in [0.3, 0.4) is 0 Å². The Balaban J connectivity index is 1.76. The quantitative estimate of drug-likeness (QED) is 0.220. The highest BCUT2D eigenvalue weighted by Gasteiger charge is 2.21. The van der Waals surface area contributed by atoms with Crippen molar-refractivity contribution in [3.8, 4) is 39.6 Å². The fraction of sp³-hybridized carbons (Fsp3) is 0.235. The van der Waals surface area contributed by atoms with Crippen LogP contribution in [0.2, 0.25) is 0 Å². The van der Waals surface area contributed by atoms with Crippen LogP contribution in [0, 0.1) is 11.8 Å². The second-order valence-corrected chi connectivity index (χ2v) is 10.7. The van der Waals surface area contributed by atoms with Crippen molar-refractivity contribution in [1.82, 2.24) is 14.8 Å². The molecule has 0 aliphatic heterocycles. The molecule has 1 heterocycles. The van der Waals surface area contributed by atoms with Gasteiger partial charge in [-0.3, -0.25) is 4.57 Å². The number of para-hydroxylation sites is 1. The number of nitrogens with zero attached hydrogens (tertiary/aromatic N) is 3. The van der Waals surface area contributed by atoms with E-state index >= 15 is 0 Å². The minimum absolute atomic E-state index is 0.582. The molecule has 3 heteroatoms. The lowest BCUT2D eigenvalue weighted by Crippen LogP contribution is -2.04. The molecule has 0 N–H and O–H groups in total. The van der Waals surface area contributed by atoms with E-state index in [9.17, 15) is 0 Å². The van der Waals surface area contributed by atoms with Crippen LogP contribution in [0.4, 0.5) is 0 Å². The standard InChI is InChI=1S/C34H35N3/c1-24(2)19-26-21-27(20-25(3)4)23-30(22-26)34-36-35-33(29-15-9-6-10-16-29)37(34)32-18-12-11-17-31(32)28-13-7-5-8-14-28/h5-18,21-25H,19-20H2,1-4H3. The zero-order valence-corrected chi connectivity index (χ0v) is 22.2. The van der Waals surface area contributed by atoms with Gasteiger partial charge in [-0.15, -0.1) is 10.2 Å². The van der Waals surface area contributed by atoms with Gasteiger partial charge in [0, 0.05) is 16.7 Å². The van der Waals surface area contributed by atoms with Crippen LogP contribution in [0.5, 0.6) is 0 Å². The van der Waals surface area contributed by atoms with E-state index < -0.39 is 0 Å². The first-order chi connectivity index (χ1) is 18.0. The van der Waals surface area contributed by atoms with E-state index in [1.54, 1.807) is 0 Å². The maximum absolute atomic E-state index is 4.83. The molecule has 0 fully saturated rings. The van der Waals surface area contributed by atoms with E-state index in [2.05, 4.69) is 129 Å². The first-order valence-electron chi connectivity index (χ1n) is 13.3. The Kier molecular flexibility index (Phi) is 7.32. The van der Waals surface area contributed by atoms with Gasteiger partial charge in [-0.05, 0) is 59.6 Å². The molecule has 0 amide bonds. The zero-order chi connectivity index (χ0) is 25.8. The van der Waals surface area contributed by atoms with Crippen LogP contribution in [-0.4, -0.2) is 14.8 Å². The van der Waals surface area contributed by atoms with Crippen LogP contribution in [0.1, 0.15) is 38.8 Å². The van der Waals surface area contributed by atoms with E-state index in [-0.39, 0.29) is 0 Å². The lowest BCUT2D eigenvalue weighted by molar-refractivity contribution is 0.636. The summed E-state index contributed by atoms with van der Waals surface area (Å²) in [5.74, 6) is 2.88. The normalized spacial score (nSPS) is 11.4. The van der Waals surface area contributed by atoms with E-state index in [0.29, 0.717) is 11.8 Å².